The number of hydrogen-bond donors (Lipinski definition) is 1. The monoisotopic (exact) mass is 555 g/mol. The average molecular weight is 555 g/mol. The lowest BCUT2D eigenvalue weighted by Gasteiger charge is -2.14. The van der Waals surface area contributed by atoms with E-state index in [9.17, 15) is 4.79 Å². The molecular weight excluding hydrogens is 533 g/mol. The van der Waals surface area contributed by atoms with Crippen molar-refractivity contribution >= 4 is 40.4 Å². The van der Waals surface area contributed by atoms with Crippen LogP contribution in [-0.4, -0.2) is 25.3 Å². The number of amides is 1. The van der Waals surface area contributed by atoms with Crippen molar-refractivity contribution in [2.45, 2.75) is 13.5 Å². The van der Waals surface area contributed by atoms with E-state index in [4.69, 9.17) is 19.6 Å². The molecule has 3 rings (SSSR count). The van der Waals surface area contributed by atoms with Gasteiger partial charge in [0.15, 0.2) is 18.1 Å². The summed E-state index contributed by atoms with van der Waals surface area (Å²) in [5.41, 5.74) is 2.77. The molecule has 0 saturated carbocycles. The molecular formula is C25H22IN3O4. The van der Waals surface area contributed by atoms with Crippen molar-refractivity contribution in [2.75, 3.05) is 18.5 Å². The van der Waals surface area contributed by atoms with Crippen LogP contribution in [0.25, 0.3) is 0 Å². The van der Waals surface area contributed by atoms with Crippen molar-refractivity contribution in [1.82, 2.24) is 0 Å². The molecule has 1 N–H and O–H groups in total. The van der Waals surface area contributed by atoms with Crippen molar-refractivity contribution in [2.24, 2.45) is 5.16 Å². The Hall–Kier alpha value is -3.58. The standard InChI is InChI=1S/C25H22IN3O4/c1-2-31-23-13-18(15-28-33-16-20-9-7-6-8-19(20)14-27)12-22(26)25(23)32-17-24(30)29-21-10-4-3-5-11-21/h3-13,15H,2,16-17H2,1H3,(H,29,30)/b28-15-. The Morgan fingerprint density at radius 3 is 2.64 bits per heavy atom. The lowest BCUT2D eigenvalue weighted by Crippen LogP contribution is -2.20. The van der Waals surface area contributed by atoms with Crippen molar-refractivity contribution in [3.63, 3.8) is 0 Å². The van der Waals surface area contributed by atoms with Crippen LogP contribution in [0.5, 0.6) is 11.5 Å². The zero-order valence-electron chi connectivity index (χ0n) is 18.0. The summed E-state index contributed by atoms with van der Waals surface area (Å²) >= 11 is 2.13. The number of ether oxygens (including phenoxy) is 2. The second-order valence-corrected chi connectivity index (χ2v) is 7.90. The largest absolute Gasteiger partial charge is 0.490 e. The first kappa shape index (κ1) is 24.1. The Balaban J connectivity index is 1.64. The van der Waals surface area contributed by atoms with Gasteiger partial charge in [-0.3, -0.25) is 4.79 Å². The fraction of sp³-hybridized carbons (Fsp3) is 0.160. The molecule has 0 aliphatic carbocycles. The maximum atomic E-state index is 12.2. The number of nitriles is 1. The van der Waals surface area contributed by atoms with Crippen LogP contribution in [0.3, 0.4) is 0 Å². The van der Waals surface area contributed by atoms with Crippen LogP contribution in [0.15, 0.2) is 71.9 Å². The van der Waals surface area contributed by atoms with E-state index in [2.05, 4.69) is 39.1 Å². The van der Waals surface area contributed by atoms with E-state index in [0.717, 1.165) is 14.7 Å². The molecule has 168 valence electrons. The van der Waals surface area contributed by atoms with Crippen LogP contribution in [0.4, 0.5) is 5.69 Å². The van der Waals surface area contributed by atoms with Gasteiger partial charge in [0, 0.05) is 16.8 Å². The fourth-order valence-corrected chi connectivity index (χ4v) is 3.66. The topological polar surface area (TPSA) is 92.9 Å². The van der Waals surface area contributed by atoms with Gasteiger partial charge in [-0.05, 0) is 59.8 Å². The first-order valence-electron chi connectivity index (χ1n) is 10.2. The number of para-hydroxylation sites is 1. The number of anilines is 1. The number of halogens is 1. The highest BCUT2D eigenvalue weighted by molar-refractivity contribution is 14.1. The van der Waals surface area contributed by atoms with Crippen LogP contribution < -0.4 is 14.8 Å². The number of carbonyl (C=O) groups excluding carboxylic acids is 1. The summed E-state index contributed by atoms with van der Waals surface area (Å²) < 4.78 is 12.2. The van der Waals surface area contributed by atoms with Gasteiger partial charge in [0.25, 0.3) is 5.91 Å². The smallest absolute Gasteiger partial charge is 0.262 e. The Morgan fingerprint density at radius 2 is 1.88 bits per heavy atom. The third-order valence-electron chi connectivity index (χ3n) is 4.37. The van der Waals surface area contributed by atoms with Crippen molar-refractivity contribution in [1.29, 1.82) is 5.26 Å². The van der Waals surface area contributed by atoms with Crippen molar-refractivity contribution < 1.29 is 19.1 Å². The first-order chi connectivity index (χ1) is 16.1. The second kappa shape index (κ2) is 12.5. The zero-order valence-corrected chi connectivity index (χ0v) is 20.1. The van der Waals surface area contributed by atoms with E-state index >= 15 is 0 Å². The van der Waals surface area contributed by atoms with E-state index in [1.54, 1.807) is 24.4 Å². The van der Waals surface area contributed by atoms with Gasteiger partial charge in [0.1, 0.15) is 6.61 Å². The molecule has 0 saturated heterocycles. The molecule has 0 aromatic heterocycles. The summed E-state index contributed by atoms with van der Waals surface area (Å²) in [7, 11) is 0. The molecule has 0 heterocycles. The van der Waals surface area contributed by atoms with Gasteiger partial charge in [0.2, 0.25) is 0 Å². The van der Waals surface area contributed by atoms with Crippen LogP contribution in [0, 0.1) is 14.9 Å². The van der Waals surface area contributed by atoms with E-state index < -0.39 is 0 Å². The van der Waals surface area contributed by atoms with Gasteiger partial charge in [-0.15, -0.1) is 0 Å². The summed E-state index contributed by atoms with van der Waals surface area (Å²) in [6.07, 6.45) is 1.56. The molecule has 3 aromatic carbocycles. The highest BCUT2D eigenvalue weighted by Crippen LogP contribution is 2.34. The van der Waals surface area contributed by atoms with Crippen LogP contribution in [-0.2, 0) is 16.2 Å². The van der Waals surface area contributed by atoms with Crippen LogP contribution in [0.2, 0.25) is 0 Å². The number of carbonyl (C=O) groups is 1. The summed E-state index contributed by atoms with van der Waals surface area (Å²) in [6, 6.07) is 22.1. The Bertz CT molecular complexity index is 1160. The highest BCUT2D eigenvalue weighted by Gasteiger charge is 2.14. The van der Waals surface area contributed by atoms with Crippen LogP contribution >= 0.6 is 22.6 Å². The minimum atomic E-state index is -0.267. The lowest BCUT2D eigenvalue weighted by molar-refractivity contribution is -0.118. The number of nitrogens with zero attached hydrogens (tertiary/aromatic N) is 2. The van der Waals surface area contributed by atoms with E-state index in [1.807, 2.05) is 55.5 Å². The van der Waals surface area contributed by atoms with Gasteiger partial charge >= 0.3 is 0 Å². The van der Waals surface area contributed by atoms with E-state index in [1.165, 1.54) is 0 Å². The van der Waals surface area contributed by atoms with Gasteiger partial charge in [0.05, 0.1) is 28.0 Å². The molecule has 0 spiro atoms. The normalized spacial score (nSPS) is 10.5. The third-order valence-corrected chi connectivity index (χ3v) is 5.17. The Labute approximate surface area is 206 Å². The number of oxime groups is 1. The lowest BCUT2D eigenvalue weighted by atomic mass is 10.1. The number of nitrogens with one attached hydrogen (secondary N) is 1. The Morgan fingerprint density at radius 1 is 1.12 bits per heavy atom. The average Bonchev–Trinajstić information content (AvgIpc) is 2.82. The molecule has 8 heteroatoms. The zero-order chi connectivity index (χ0) is 23.5. The van der Waals surface area contributed by atoms with Gasteiger partial charge in [-0.2, -0.15) is 5.26 Å². The SMILES string of the molecule is CCOc1cc(/C=N\OCc2ccccc2C#N)cc(I)c1OCC(=O)Nc1ccccc1. The molecule has 33 heavy (non-hydrogen) atoms. The number of hydrogen-bond acceptors (Lipinski definition) is 6. The highest BCUT2D eigenvalue weighted by atomic mass is 127. The van der Waals surface area contributed by atoms with Gasteiger partial charge in [-0.25, -0.2) is 0 Å². The third kappa shape index (κ3) is 7.22. The number of rotatable bonds is 10. The van der Waals surface area contributed by atoms with Crippen molar-refractivity contribution in [3.8, 4) is 17.6 Å². The summed E-state index contributed by atoms with van der Waals surface area (Å²) in [5.74, 6) is 0.728. The molecule has 0 atom stereocenters. The Kier molecular flexibility index (Phi) is 9.08. The van der Waals surface area contributed by atoms with E-state index in [-0.39, 0.29) is 19.1 Å². The number of benzene rings is 3. The maximum Gasteiger partial charge on any atom is 0.262 e. The molecule has 7 nitrogen and oxygen atoms in total. The van der Waals surface area contributed by atoms with Gasteiger partial charge < -0.3 is 19.6 Å². The minimum absolute atomic E-state index is 0.153. The quantitative estimate of drug-likeness (QED) is 0.213. The molecule has 3 aromatic rings. The molecule has 1 amide bonds. The van der Waals surface area contributed by atoms with Gasteiger partial charge in [-0.1, -0.05) is 41.6 Å². The predicted molar refractivity (Wildman–Crippen MR) is 134 cm³/mol. The summed E-state index contributed by atoms with van der Waals surface area (Å²) in [6.45, 7) is 2.34. The second-order valence-electron chi connectivity index (χ2n) is 6.74. The maximum absolute atomic E-state index is 12.2. The summed E-state index contributed by atoms with van der Waals surface area (Å²) in [4.78, 5) is 17.6. The van der Waals surface area contributed by atoms with E-state index in [0.29, 0.717) is 29.4 Å². The van der Waals surface area contributed by atoms with Crippen molar-refractivity contribution in [3.05, 3.63) is 87.0 Å². The fourth-order valence-electron chi connectivity index (χ4n) is 2.88. The van der Waals surface area contributed by atoms with Crippen LogP contribution in [0.1, 0.15) is 23.6 Å². The molecule has 0 aliphatic heterocycles. The molecule has 0 radical (unpaired) electrons. The molecule has 0 unspecified atom stereocenters. The molecule has 0 aliphatic rings. The predicted octanol–water partition coefficient (Wildman–Crippen LogP) is 5.13. The molecule has 0 bridgehead atoms. The first-order valence-corrected chi connectivity index (χ1v) is 11.3. The molecule has 0 fully saturated rings. The summed E-state index contributed by atoms with van der Waals surface area (Å²) in [5, 5.41) is 15.9. The minimum Gasteiger partial charge on any atom is -0.490 e.